The van der Waals surface area contributed by atoms with E-state index in [1.165, 1.54) is 11.3 Å². The Hall–Kier alpha value is -2.99. The number of carbonyl (C=O) groups is 1. The summed E-state index contributed by atoms with van der Waals surface area (Å²) in [6.07, 6.45) is 8.77. The molecule has 1 aliphatic heterocycles. The number of nitrogens with zero attached hydrogens (tertiary/aromatic N) is 4. The van der Waals surface area contributed by atoms with Gasteiger partial charge in [0.2, 0.25) is 0 Å². The number of hydrogen-bond acceptors (Lipinski definition) is 4. The second kappa shape index (κ2) is 7.20. The minimum atomic E-state index is 0.0665. The summed E-state index contributed by atoms with van der Waals surface area (Å²) in [4.78, 5) is 25.3. The average Bonchev–Trinajstić information content (AvgIpc) is 3.36. The van der Waals surface area contributed by atoms with Crippen molar-refractivity contribution in [2.45, 2.75) is 25.3 Å². The molecule has 1 atom stereocenters. The molecule has 0 spiro atoms. The number of piperidine rings is 1. The van der Waals surface area contributed by atoms with Crippen LogP contribution >= 0.6 is 11.3 Å². The van der Waals surface area contributed by atoms with E-state index >= 15 is 0 Å². The Morgan fingerprint density at radius 1 is 1.11 bits per heavy atom. The van der Waals surface area contributed by atoms with Gasteiger partial charge in [-0.25, -0.2) is 4.98 Å². The van der Waals surface area contributed by atoms with Crippen LogP contribution in [-0.4, -0.2) is 31.7 Å². The molecular weight excluding hydrogens is 368 g/mol. The molecule has 1 saturated heterocycles. The van der Waals surface area contributed by atoms with E-state index in [0.717, 1.165) is 47.6 Å². The summed E-state index contributed by atoms with van der Waals surface area (Å²) in [7, 11) is 0. The van der Waals surface area contributed by atoms with Crippen molar-refractivity contribution in [2.75, 3.05) is 6.54 Å². The van der Waals surface area contributed by atoms with Crippen molar-refractivity contribution in [3.63, 3.8) is 0 Å². The number of aromatic nitrogens is 3. The van der Waals surface area contributed by atoms with Crippen LogP contribution in [0, 0.1) is 0 Å². The van der Waals surface area contributed by atoms with E-state index in [-0.39, 0.29) is 11.9 Å². The van der Waals surface area contributed by atoms with E-state index in [4.69, 9.17) is 4.98 Å². The minimum Gasteiger partial charge on any atom is -0.330 e. The summed E-state index contributed by atoms with van der Waals surface area (Å²) in [6, 6.07) is 14.2. The first-order valence-corrected chi connectivity index (χ1v) is 10.4. The van der Waals surface area contributed by atoms with Crippen molar-refractivity contribution < 1.29 is 4.79 Å². The number of benzene rings is 1. The third kappa shape index (κ3) is 2.99. The highest BCUT2D eigenvalue weighted by molar-refractivity contribution is 7.15. The Balaban J connectivity index is 1.50. The van der Waals surface area contributed by atoms with E-state index < -0.39 is 0 Å². The van der Waals surface area contributed by atoms with Gasteiger partial charge in [0.25, 0.3) is 5.91 Å². The molecule has 4 aromatic rings. The topological polar surface area (TPSA) is 50.5 Å². The van der Waals surface area contributed by atoms with E-state index in [2.05, 4.69) is 11.1 Å². The Kier molecular flexibility index (Phi) is 4.41. The van der Waals surface area contributed by atoms with Crippen LogP contribution in [0.25, 0.3) is 16.2 Å². The number of fused-ring (bicyclic) bond motifs is 1. The van der Waals surface area contributed by atoms with Gasteiger partial charge in [0, 0.05) is 36.1 Å². The molecule has 28 heavy (non-hydrogen) atoms. The van der Waals surface area contributed by atoms with Crippen LogP contribution in [0.4, 0.5) is 0 Å². The summed E-state index contributed by atoms with van der Waals surface area (Å²) in [5.41, 5.74) is 3.75. The molecule has 1 aromatic carbocycles. The van der Waals surface area contributed by atoms with Crippen molar-refractivity contribution >= 4 is 22.2 Å². The van der Waals surface area contributed by atoms with Gasteiger partial charge in [-0.2, -0.15) is 0 Å². The van der Waals surface area contributed by atoms with Gasteiger partial charge in [-0.15, -0.1) is 11.3 Å². The van der Waals surface area contributed by atoms with Gasteiger partial charge in [0.1, 0.15) is 5.69 Å². The highest BCUT2D eigenvalue weighted by Gasteiger charge is 2.30. The third-order valence-electron chi connectivity index (χ3n) is 5.33. The summed E-state index contributed by atoms with van der Waals surface area (Å²) < 4.78 is 1.93. The predicted octanol–water partition coefficient (Wildman–Crippen LogP) is 4.83. The van der Waals surface area contributed by atoms with Crippen LogP contribution in [0.5, 0.6) is 0 Å². The first-order valence-electron chi connectivity index (χ1n) is 9.54. The molecule has 6 heteroatoms. The fourth-order valence-electron chi connectivity index (χ4n) is 3.93. The van der Waals surface area contributed by atoms with Crippen molar-refractivity contribution in [1.29, 1.82) is 0 Å². The van der Waals surface area contributed by atoms with Gasteiger partial charge in [0.05, 0.1) is 11.7 Å². The summed E-state index contributed by atoms with van der Waals surface area (Å²) >= 11 is 1.51. The Labute approximate surface area is 167 Å². The molecule has 5 nitrogen and oxygen atoms in total. The lowest BCUT2D eigenvalue weighted by Gasteiger charge is -2.35. The van der Waals surface area contributed by atoms with E-state index in [1.807, 2.05) is 63.5 Å². The number of hydrogen-bond donors (Lipinski definition) is 0. The molecule has 1 aliphatic rings. The lowest BCUT2D eigenvalue weighted by atomic mass is 9.96. The molecule has 4 heterocycles. The summed E-state index contributed by atoms with van der Waals surface area (Å²) in [5.74, 6) is 0.0665. The van der Waals surface area contributed by atoms with Crippen LogP contribution in [0.1, 0.15) is 41.4 Å². The minimum absolute atomic E-state index is 0.0665. The monoisotopic (exact) mass is 388 g/mol. The number of pyridine rings is 1. The highest BCUT2D eigenvalue weighted by Crippen LogP contribution is 2.33. The molecule has 5 rings (SSSR count). The lowest BCUT2D eigenvalue weighted by Crippen LogP contribution is -2.39. The number of likely N-dealkylation sites (tertiary alicyclic amines) is 1. The van der Waals surface area contributed by atoms with Crippen LogP contribution in [0.3, 0.4) is 0 Å². The van der Waals surface area contributed by atoms with Crippen LogP contribution < -0.4 is 0 Å². The van der Waals surface area contributed by atoms with Crippen LogP contribution in [0.15, 0.2) is 66.4 Å². The molecule has 3 aromatic heterocycles. The zero-order chi connectivity index (χ0) is 18.9. The summed E-state index contributed by atoms with van der Waals surface area (Å²) in [5, 5.41) is 1.92. The normalized spacial score (nSPS) is 17.1. The maximum atomic E-state index is 13.5. The first-order chi connectivity index (χ1) is 13.8. The predicted molar refractivity (Wildman–Crippen MR) is 110 cm³/mol. The Morgan fingerprint density at radius 2 is 2.00 bits per heavy atom. The molecule has 1 fully saturated rings. The van der Waals surface area contributed by atoms with Crippen molar-refractivity contribution in [2.24, 2.45) is 0 Å². The van der Waals surface area contributed by atoms with Gasteiger partial charge in [-0.3, -0.25) is 14.2 Å². The van der Waals surface area contributed by atoms with Gasteiger partial charge in [0.15, 0.2) is 4.96 Å². The second-order valence-corrected chi connectivity index (χ2v) is 7.90. The van der Waals surface area contributed by atoms with Crippen LogP contribution in [0.2, 0.25) is 0 Å². The standard InChI is InChI=1S/C22H20N4OS/c27-21(25-12-5-4-10-19(25)17-9-6-11-23-13-17)20-15-28-22-24-18(14-26(20)22)16-7-2-1-3-8-16/h1-3,6-9,11,13-15,19H,4-5,10,12H2/t19-/m1/s1. The molecule has 0 saturated carbocycles. The third-order valence-corrected chi connectivity index (χ3v) is 6.17. The van der Waals surface area contributed by atoms with Gasteiger partial charge in [-0.05, 0) is 30.9 Å². The smallest absolute Gasteiger partial charge is 0.272 e. The quantitative estimate of drug-likeness (QED) is 0.505. The zero-order valence-electron chi connectivity index (χ0n) is 15.4. The Bertz CT molecular complexity index is 1100. The zero-order valence-corrected chi connectivity index (χ0v) is 16.2. The molecule has 0 aliphatic carbocycles. The van der Waals surface area contributed by atoms with E-state index in [0.29, 0.717) is 5.69 Å². The first kappa shape index (κ1) is 17.1. The van der Waals surface area contributed by atoms with Gasteiger partial charge < -0.3 is 4.90 Å². The van der Waals surface area contributed by atoms with Crippen LogP contribution in [-0.2, 0) is 0 Å². The number of amides is 1. The molecule has 0 N–H and O–H groups in total. The lowest BCUT2D eigenvalue weighted by molar-refractivity contribution is 0.0604. The van der Waals surface area contributed by atoms with Crippen molar-refractivity contribution in [1.82, 2.24) is 19.3 Å². The largest absolute Gasteiger partial charge is 0.330 e. The molecular formula is C22H20N4OS. The number of carbonyl (C=O) groups excluding carboxylic acids is 1. The molecule has 0 unspecified atom stereocenters. The van der Waals surface area contributed by atoms with E-state index in [1.54, 1.807) is 6.20 Å². The number of rotatable bonds is 3. The van der Waals surface area contributed by atoms with Gasteiger partial charge in [-0.1, -0.05) is 36.4 Å². The molecule has 0 bridgehead atoms. The second-order valence-electron chi connectivity index (χ2n) is 7.06. The van der Waals surface area contributed by atoms with Crippen molar-refractivity contribution in [3.05, 3.63) is 77.7 Å². The SMILES string of the molecule is O=C(c1csc2nc(-c3ccccc3)cn12)N1CCCC[C@@H]1c1cccnc1. The number of thiazole rings is 1. The Morgan fingerprint density at radius 3 is 2.82 bits per heavy atom. The highest BCUT2D eigenvalue weighted by atomic mass is 32.1. The summed E-state index contributed by atoms with van der Waals surface area (Å²) in [6.45, 7) is 0.774. The fraction of sp³-hybridized carbons (Fsp3) is 0.227. The maximum absolute atomic E-state index is 13.5. The fourth-order valence-corrected chi connectivity index (χ4v) is 4.77. The maximum Gasteiger partial charge on any atom is 0.272 e. The molecule has 1 amide bonds. The molecule has 140 valence electrons. The van der Waals surface area contributed by atoms with Crippen molar-refractivity contribution in [3.8, 4) is 11.3 Å². The average molecular weight is 388 g/mol. The molecule has 0 radical (unpaired) electrons. The van der Waals surface area contributed by atoms with Gasteiger partial charge >= 0.3 is 0 Å². The number of imidazole rings is 1. The van der Waals surface area contributed by atoms with E-state index in [9.17, 15) is 4.79 Å².